The van der Waals surface area contributed by atoms with E-state index < -0.39 is 5.97 Å². The maximum atomic E-state index is 10.4. The molecule has 0 bridgehead atoms. The minimum absolute atomic E-state index is 0. The molecule has 4 heteroatoms. The summed E-state index contributed by atoms with van der Waals surface area (Å²) in [5.74, 6) is -1.26. The molecular formula is C8H8O3Y. The third kappa shape index (κ3) is 2.29. The number of aryl methyl sites for hydroxylation is 1. The number of aromatic carboxylic acids is 1. The van der Waals surface area contributed by atoms with Crippen molar-refractivity contribution in [3.8, 4) is 5.75 Å². The second-order valence-corrected chi connectivity index (χ2v) is 2.28. The molecule has 1 aromatic carbocycles. The SMILES string of the molecule is Cc1cccc(C(=O)O)c1O.[Y]. The van der Waals surface area contributed by atoms with E-state index in [0.717, 1.165) is 0 Å². The fourth-order valence-corrected chi connectivity index (χ4v) is 0.832. The Morgan fingerprint density at radius 2 is 2.00 bits per heavy atom. The average Bonchev–Trinajstić information content (AvgIpc) is 1.94. The minimum Gasteiger partial charge on any atom is -0.507 e. The van der Waals surface area contributed by atoms with Gasteiger partial charge < -0.3 is 10.2 Å². The number of carbonyl (C=O) groups is 1. The van der Waals surface area contributed by atoms with Crippen LogP contribution in [0.4, 0.5) is 0 Å². The molecule has 1 aromatic rings. The first-order chi connectivity index (χ1) is 5.13. The number of aromatic hydroxyl groups is 1. The maximum absolute atomic E-state index is 10.4. The largest absolute Gasteiger partial charge is 0.507 e. The summed E-state index contributed by atoms with van der Waals surface area (Å²) >= 11 is 0. The minimum atomic E-state index is -1.11. The molecule has 12 heavy (non-hydrogen) atoms. The molecule has 0 atom stereocenters. The van der Waals surface area contributed by atoms with Crippen LogP contribution in [0.25, 0.3) is 0 Å². The molecule has 61 valence electrons. The van der Waals surface area contributed by atoms with Crippen LogP contribution in [0.1, 0.15) is 15.9 Å². The van der Waals surface area contributed by atoms with Gasteiger partial charge in [-0.1, -0.05) is 12.1 Å². The van der Waals surface area contributed by atoms with Crippen molar-refractivity contribution in [3.05, 3.63) is 29.3 Å². The van der Waals surface area contributed by atoms with E-state index in [1.165, 1.54) is 6.07 Å². The van der Waals surface area contributed by atoms with Crippen molar-refractivity contribution in [2.45, 2.75) is 6.92 Å². The monoisotopic (exact) mass is 241 g/mol. The number of carboxylic acid groups (broad SMARTS) is 1. The smallest absolute Gasteiger partial charge is 0.339 e. The number of phenols is 1. The summed E-state index contributed by atoms with van der Waals surface area (Å²) in [5, 5.41) is 17.7. The van der Waals surface area contributed by atoms with Crippen LogP contribution in [0, 0.1) is 6.92 Å². The third-order valence-electron chi connectivity index (χ3n) is 1.47. The Morgan fingerprint density at radius 3 is 2.42 bits per heavy atom. The van der Waals surface area contributed by atoms with Gasteiger partial charge in [-0.25, -0.2) is 4.79 Å². The Bertz CT molecular complexity index is 296. The van der Waals surface area contributed by atoms with Gasteiger partial charge in [-0.3, -0.25) is 0 Å². The molecule has 0 aliphatic carbocycles. The molecule has 0 aliphatic heterocycles. The number of para-hydroxylation sites is 1. The quantitative estimate of drug-likeness (QED) is 0.781. The van der Waals surface area contributed by atoms with Gasteiger partial charge in [0.15, 0.2) is 0 Å². The van der Waals surface area contributed by atoms with Crippen LogP contribution in [0.5, 0.6) is 5.75 Å². The Labute approximate surface area is 95.3 Å². The zero-order valence-electron chi connectivity index (χ0n) is 6.61. The van der Waals surface area contributed by atoms with E-state index in [9.17, 15) is 9.90 Å². The van der Waals surface area contributed by atoms with Gasteiger partial charge >= 0.3 is 5.97 Å². The van der Waals surface area contributed by atoms with Crippen LogP contribution in [-0.4, -0.2) is 16.2 Å². The first-order valence-corrected chi connectivity index (χ1v) is 3.15. The van der Waals surface area contributed by atoms with Crippen LogP contribution in [0.3, 0.4) is 0 Å². The summed E-state index contributed by atoms with van der Waals surface area (Å²) in [6.45, 7) is 1.65. The molecule has 0 aliphatic rings. The van der Waals surface area contributed by atoms with E-state index in [1.54, 1.807) is 19.1 Å². The summed E-state index contributed by atoms with van der Waals surface area (Å²) in [6.07, 6.45) is 0. The van der Waals surface area contributed by atoms with Gasteiger partial charge in [0, 0.05) is 32.7 Å². The Morgan fingerprint density at radius 1 is 1.42 bits per heavy atom. The number of benzene rings is 1. The summed E-state index contributed by atoms with van der Waals surface area (Å²) in [5.41, 5.74) is 0.523. The molecule has 0 saturated heterocycles. The second kappa shape index (κ2) is 4.58. The van der Waals surface area contributed by atoms with Crippen molar-refractivity contribution in [2.24, 2.45) is 0 Å². The van der Waals surface area contributed by atoms with Crippen LogP contribution in [0.2, 0.25) is 0 Å². The van der Waals surface area contributed by atoms with Crippen molar-refractivity contribution in [1.82, 2.24) is 0 Å². The van der Waals surface area contributed by atoms with E-state index in [4.69, 9.17) is 5.11 Å². The van der Waals surface area contributed by atoms with E-state index in [-0.39, 0.29) is 44.0 Å². The first kappa shape index (κ1) is 11.6. The number of carboxylic acids is 1. The number of rotatable bonds is 1. The average molecular weight is 241 g/mol. The van der Waals surface area contributed by atoms with Gasteiger partial charge in [0.2, 0.25) is 0 Å². The molecule has 0 heterocycles. The zero-order chi connectivity index (χ0) is 8.43. The topological polar surface area (TPSA) is 57.5 Å². The van der Waals surface area contributed by atoms with Crippen molar-refractivity contribution in [2.75, 3.05) is 0 Å². The Hall–Kier alpha value is -0.406. The fourth-order valence-electron chi connectivity index (χ4n) is 0.832. The molecule has 0 amide bonds. The van der Waals surface area contributed by atoms with Gasteiger partial charge in [0.25, 0.3) is 0 Å². The van der Waals surface area contributed by atoms with Gasteiger partial charge in [-0.05, 0) is 18.6 Å². The van der Waals surface area contributed by atoms with Gasteiger partial charge in [-0.2, -0.15) is 0 Å². The van der Waals surface area contributed by atoms with Crippen LogP contribution < -0.4 is 0 Å². The van der Waals surface area contributed by atoms with Crippen molar-refractivity contribution in [1.29, 1.82) is 0 Å². The molecule has 0 saturated carbocycles. The fraction of sp³-hybridized carbons (Fsp3) is 0.125. The molecule has 3 nitrogen and oxygen atoms in total. The molecule has 0 spiro atoms. The normalized spacial score (nSPS) is 8.75. The number of hydrogen-bond donors (Lipinski definition) is 2. The molecular weight excluding hydrogens is 233 g/mol. The predicted molar refractivity (Wildman–Crippen MR) is 39.8 cm³/mol. The molecule has 2 N–H and O–H groups in total. The third-order valence-corrected chi connectivity index (χ3v) is 1.47. The Balaban J connectivity index is 0.00000121. The van der Waals surface area contributed by atoms with Crippen molar-refractivity contribution >= 4 is 5.97 Å². The number of hydrogen-bond acceptors (Lipinski definition) is 2. The van der Waals surface area contributed by atoms with Crippen molar-refractivity contribution < 1.29 is 47.7 Å². The van der Waals surface area contributed by atoms with Gasteiger partial charge in [0.05, 0.1) is 0 Å². The van der Waals surface area contributed by atoms with Crippen LogP contribution in [-0.2, 0) is 32.7 Å². The predicted octanol–water partition coefficient (Wildman–Crippen LogP) is 1.40. The van der Waals surface area contributed by atoms with E-state index in [1.807, 2.05) is 0 Å². The summed E-state index contributed by atoms with van der Waals surface area (Å²) in [4.78, 5) is 10.4. The molecule has 1 radical (unpaired) electrons. The van der Waals surface area contributed by atoms with Crippen LogP contribution in [0.15, 0.2) is 18.2 Å². The molecule has 0 fully saturated rings. The standard InChI is InChI=1S/C8H8O3.Y/c1-5-3-2-4-6(7(5)9)8(10)11;/h2-4,9H,1H3,(H,10,11);. The second-order valence-electron chi connectivity index (χ2n) is 2.28. The summed E-state index contributed by atoms with van der Waals surface area (Å²) in [7, 11) is 0. The van der Waals surface area contributed by atoms with E-state index in [0.29, 0.717) is 5.56 Å². The Kier molecular flexibility index (Phi) is 4.42. The summed E-state index contributed by atoms with van der Waals surface area (Å²) < 4.78 is 0. The van der Waals surface area contributed by atoms with E-state index >= 15 is 0 Å². The van der Waals surface area contributed by atoms with Crippen LogP contribution >= 0.6 is 0 Å². The molecule has 0 aromatic heterocycles. The molecule has 1 rings (SSSR count). The van der Waals surface area contributed by atoms with E-state index in [2.05, 4.69) is 0 Å². The molecule has 0 unspecified atom stereocenters. The summed E-state index contributed by atoms with van der Waals surface area (Å²) in [6, 6.07) is 4.62. The van der Waals surface area contributed by atoms with Crippen molar-refractivity contribution in [3.63, 3.8) is 0 Å². The maximum Gasteiger partial charge on any atom is 0.339 e. The van der Waals surface area contributed by atoms with Gasteiger partial charge in [0.1, 0.15) is 11.3 Å². The van der Waals surface area contributed by atoms with Gasteiger partial charge in [-0.15, -0.1) is 0 Å². The first-order valence-electron chi connectivity index (χ1n) is 3.15. The zero-order valence-corrected chi connectivity index (χ0v) is 9.45.